The first-order chi connectivity index (χ1) is 13.5. The number of likely N-dealkylation sites (tertiary alicyclic amines) is 2. The van der Waals surface area contributed by atoms with Crippen molar-refractivity contribution in [1.82, 2.24) is 15.1 Å². The normalized spacial score (nSPS) is 16.4. The molecule has 2 aromatic rings. The molecule has 1 spiro atoms. The van der Waals surface area contributed by atoms with Crippen LogP contribution in [0.5, 0.6) is 0 Å². The van der Waals surface area contributed by atoms with Gasteiger partial charge in [0.15, 0.2) is 0 Å². The standard InChI is InChI=1S/C14H17N2O.C8H7ClNO.K/c1-15-8-7-14(15)10-16(11-14)13(17)9-12-5-3-2-4-6-12;9-8-3-1-7(2-4-8)5-10-6-11;/h3-6H,7-11H2,1H3;1-4H,5H2,(H,10,11);/q2*-1;+1. The molecule has 0 aromatic heterocycles. The maximum atomic E-state index is 12.0. The molecule has 1 N–H and O–H groups in total. The Morgan fingerprint density at radius 3 is 2.34 bits per heavy atom. The monoisotopic (exact) mass is 436 g/mol. The van der Waals surface area contributed by atoms with E-state index in [-0.39, 0.29) is 57.3 Å². The minimum absolute atomic E-state index is 0. The van der Waals surface area contributed by atoms with Gasteiger partial charge in [0.1, 0.15) is 0 Å². The SMILES string of the molecule is CN1CCC12CN(C(=O)Cc1cc[c-]cc1)C2.O=[C-]NCc1ccc(Cl)cc1.[K+]. The van der Waals surface area contributed by atoms with Crippen molar-refractivity contribution in [3.05, 3.63) is 70.7 Å². The number of likely N-dealkylation sites (N-methyl/N-ethyl adjacent to an activating group) is 1. The van der Waals surface area contributed by atoms with Gasteiger partial charge >= 0.3 is 51.4 Å². The van der Waals surface area contributed by atoms with E-state index < -0.39 is 0 Å². The summed E-state index contributed by atoms with van der Waals surface area (Å²) in [6, 6.07) is 17.9. The van der Waals surface area contributed by atoms with Crippen molar-refractivity contribution in [2.45, 2.75) is 24.9 Å². The van der Waals surface area contributed by atoms with Crippen molar-refractivity contribution in [3.63, 3.8) is 0 Å². The van der Waals surface area contributed by atoms with Gasteiger partial charge in [-0.15, -0.1) is 5.56 Å². The predicted molar refractivity (Wildman–Crippen MR) is 110 cm³/mol. The molecule has 2 saturated heterocycles. The van der Waals surface area contributed by atoms with Crippen LogP contribution in [-0.2, 0) is 22.6 Å². The molecule has 0 radical (unpaired) electrons. The summed E-state index contributed by atoms with van der Waals surface area (Å²) in [5, 5.41) is 3.13. The van der Waals surface area contributed by atoms with Crippen LogP contribution >= 0.6 is 11.6 Å². The van der Waals surface area contributed by atoms with E-state index in [1.807, 2.05) is 41.3 Å². The maximum absolute atomic E-state index is 12.0. The second kappa shape index (κ2) is 11.6. The molecule has 2 heterocycles. The van der Waals surface area contributed by atoms with Crippen LogP contribution in [0.2, 0.25) is 5.02 Å². The molecule has 4 rings (SSSR count). The third kappa shape index (κ3) is 6.62. The van der Waals surface area contributed by atoms with E-state index in [9.17, 15) is 9.59 Å². The summed E-state index contributed by atoms with van der Waals surface area (Å²) in [5.41, 5.74) is 2.43. The average Bonchev–Trinajstić information content (AvgIpc) is 2.67. The number of halogens is 1. The molecule has 0 bridgehead atoms. The number of nitrogens with zero attached hydrogens (tertiary/aromatic N) is 2. The van der Waals surface area contributed by atoms with Gasteiger partial charge in [0.05, 0.1) is 5.54 Å². The molecule has 2 aliphatic heterocycles. The van der Waals surface area contributed by atoms with E-state index in [0.717, 1.165) is 24.2 Å². The Hall–Kier alpha value is -0.734. The molecule has 5 nitrogen and oxygen atoms in total. The summed E-state index contributed by atoms with van der Waals surface area (Å²) in [6.45, 7) is 3.51. The van der Waals surface area contributed by atoms with E-state index in [2.05, 4.69) is 23.3 Å². The van der Waals surface area contributed by atoms with Crippen LogP contribution in [0.1, 0.15) is 17.5 Å². The number of carbonyl (C=O) groups excluding carboxylic acids is 2. The van der Waals surface area contributed by atoms with Crippen LogP contribution < -0.4 is 56.7 Å². The molecular weight excluding hydrogens is 413 g/mol. The molecule has 2 fully saturated rings. The van der Waals surface area contributed by atoms with Crippen LogP contribution in [0.15, 0.2) is 48.5 Å². The average molecular weight is 437 g/mol. The quantitative estimate of drug-likeness (QED) is 0.388. The number of hydrogen-bond donors (Lipinski definition) is 1. The molecule has 29 heavy (non-hydrogen) atoms. The van der Waals surface area contributed by atoms with E-state index in [1.54, 1.807) is 18.5 Å². The van der Waals surface area contributed by atoms with Crippen molar-refractivity contribution < 1.29 is 61.0 Å². The van der Waals surface area contributed by atoms with Gasteiger partial charge in [-0.05, 0) is 31.2 Å². The molecule has 0 aliphatic carbocycles. The maximum Gasteiger partial charge on any atom is 1.00 e. The number of nitrogens with one attached hydrogen (secondary N) is 1. The molecule has 148 valence electrons. The zero-order valence-corrected chi connectivity index (χ0v) is 20.8. The first-order valence-electron chi connectivity index (χ1n) is 9.31. The summed E-state index contributed by atoms with van der Waals surface area (Å²) >= 11 is 5.65. The largest absolute Gasteiger partial charge is 1.00 e. The smallest absolute Gasteiger partial charge is 0.526 e. The Balaban J connectivity index is 0.000000219. The number of amides is 2. The van der Waals surface area contributed by atoms with Gasteiger partial charge in [0, 0.05) is 37.6 Å². The zero-order valence-electron chi connectivity index (χ0n) is 17.0. The second-order valence-electron chi connectivity index (χ2n) is 7.31. The van der Waals surface area contributed by atoms with Crippen LogP contribution in [0, 0.1) is 6.07 Å². The van der Waals surface area contributed by atoms with E-state index in [4.69, 9.17) is 11.6 Å². The molecule has 2 aromatic carbocycles. The Kier molecular flexibility index (Phi) is 9.82. The zero-order chi connectivity index (χ0) is 20.0. The Labute approximate surface area is 220 Å². The third-order valence-electron chi connectivity index (χ3n) is 5.47. The van der Waals surface area contributed by atoms with Crippen molar-refractivity contribution in [2.75, 3.05) is 26.7 Å². The van der Waals surface area contributed by atoms with E-state index >= 15 is 0 Å². The van der Waals surface area contributed by atoms with Gasteiger partial charge in [-0.25, -0.2) is 0 Å². The first kappa shape index (κ1) is 24.5. The molecule has 0 atom stereocenters. The molecule has 0 unspecified atom stereocenters. The summed E-state index contributed by atoms with van der Waals surface area (Å²) in [4.78, 5) is 26.2. The second-order valence-corrected chi connectivity index (χ2v) is 7.75. The molecule has 2 aliphatic rings. The summed E-state index contributed by atoms with van der Waals surface area (Å²) < 4.78 is 0. The molecule has 7 heteroatoms. The number of carbonyl (C=O) groups is 1. The number of rotatable bonds is 5. The van der Waals surface area contributed by atoms with Crippen LogP contribution in [0.3, 0.4) is 0 Å². The topological polar surface area (TPSA) is 52.7 Å². The van der Waals surface area contributed by atoms with Crippen molar-refractivity contribution in [3.8, 4) is 0 Å². The van der Waals surface area contributed by atoms with Crippen molar-refractivity contribution in [2.24, 2.45) is 0 Å². The van der Waals surface area contributed by atoms with Gasteiger partial charge < -0.3 is 15.0 Å². The summed E-state index contributed by atoms with van der Waals surface area (Å²) in [5.74, 6) is 0.252. The van der Waals surface area contributed by atoms with Crippen LogP contribution in [0.4, 0.5) is 0 Å². The fraction of sp³-hybridized carbons (Fsp3) is 0.364. The fourth-order valence-electron chi connectivity index (χ4n) is 3.46. The van der Waals surface area contributed by atoms with Gasteiger partial charge in [0.25, 0.3) is 0 Å². The van der Waals surface area contributed by atoms with Crippen molar-refractivity contribution >= 4 is 23.9 Å². The Bertz CT molecular complexity index is 795. The number of benzene rings is 2. The molecular formula is C22H24ClKN3O2-. The van der Waals surface area contributed by atoms with Crippen LogP contribution in [-0.4, -0.2) is 54.3 Å². The van der Waals surface area contributed by atoms with Gasteiger partial charge in [-0.3, -0.25) is 9.69 Å². The number of hydrogen-bond acceptors (Lipinski definition) is 3. The summed E-state index contributed by atoms with van der Waals surface area (Å²) in [6.07, 6.45) is 3.36. The Morgan fingerprint density at radius 1 is 1.17 bits per heavy atom. The first-order valence-corrected chi connectivity index (χ1v) is 9.69. The predicted octanol–water partition coefficient (Wildman–Crippen LogP) is -0.553. The van der Waals surface area contributed by atoms with Gasteiger partial charge in [-0.1, -0.05) is 23.7 Å². The van der Waals surface area contributed by atoms with Gasteiger partial charge in [0.2, 0.25) is 5.91 Å². The minimum atomic E-state index is 0. The summed E-state index contributed by atoms with van der Waals surface area (Å²) in [7, 11) is 2.15. The fourth-order valence-corrected chi connectivity index (χ4v) is 3.58. The molecule has 2 amide bonds. The van der Waals surface area contributed by atoms with E-state index in [1.165, 1.54) is 13.0 Å². The van der Waals surface area contributed by atoms with Gasteiger partial charge in [-0.2, -0.15) is 36.7 Å². The van der Waals surface area contributed by atoms with E-state index in [0.29, 0.717) is 23.5 Å². The Morgan fingerprint density at radius 2 is 1.83 bits per heavy atom. The third-order valence-corrected chi connectivity index (χ3v) is 5.72. The van der Waals surface area contributed by atoms with Crippen LogP contribution in [0.25, 0.3) is 0 Å². The minimum Gasteiger partial charge on any atom is -0.526 e. The van der Waals surface area contributed by atoms with Crippen molar-refractivity contribution in [1.29, 1.82) is 0 Å². The molecule has 0 saturated carbocycles.